The van der Waals surface area contributed by atoms with Gasteiger partial charge in [-0.05, 0) is 61.6 Å². The monoisotopic (exact) mass is 311 g/mol. The minimum Gasteiger partial charge on any atom is -0.313 e. The lowest BCUT2D eigenvalue weighted by Crippen LogP contribution is -2.49. The number of aromatic nitrogens is 1. The van der Waals surface area contributed by atoms with Crippen molar-refractivity contribution in [1.82, 2.24) is 15.2 Å². The number of rotatable bonds is 5. The topological polar surface area (TPSA) is 28.2 Å². The Morgan fingerprint density at radius 2 is 2.22 bits per heavy atom. The zero-order valence-corrected chi connectivity index (χ0v) is 14.2. The van der Waals surface area contributed by atoms with E-state index in [0.29, 0.717) is 6.04 Å². The molecule has 2 heterocycles. The van der Waals surface area contributed by atoms with Crippen LogP contribution < -0.4 is 5.32 Å². The standard InChI is InChI=1S/C20H29N3/c1-15-13-23(14-19-4-2-3-8-21-19)9-7-20(15)22-12-18-11-16-5-6-17(18)10-16/h2-6,8,15-18,20,22H,7,9-14H2,1H3/t15-,16+,17+,18+,20-/m1/s1. The first-order chi connectivity index (χ1) is 11.3. The summed E-state index contributed by atoms with van der Waals surface area (Å²) in [6, 6.07) is 6.91. The molecule has 0 aromatic carbocycles. The lowest BCUT2D eigenvalue weighted by Gasteiger charge is -2.38. The molecular formula is C20H29N3. The molecule has 5 atom stereocenters. The molecule has 2 bridgehead atoms. The normalized spacial score (nSPS) is 36.7. The van der Waals surface area contributed by atoms with Crippen LogP contribution in [0.2, 0.25) is 0 Å². The van der Waals surface area contributed by atoms with Gasteiger partial charge < -0.3 is 5.32 Å². The van der Waals surface area contributed by atoms with Crippen LogP contribution in [0.5, 0.6) is 0 Å². The maximum Gasteiger partial charge on any atom is 0.0543 e. The van der Waals surface area contributed by atoms with Gasteiger partial charge in [-0.3, -0.25) is 9.88 Å². The summed E-state index contributed by atoms with van der Waals surface area (Å²) in [4.78, 5) is 7.02. The highest BCUT2D eigenvalue weighted by Gasteiger charge is 2.36. The second-order valence-corrected chi connectivity index (χ2v) is 7.88. The van der Waals surface area contributed by atoms with E-state index in [-0.39, 0.29) is 0 Å². The van der Waals surface area contributed by atoms with Gasteiger partial charge in [-0.2, -0.15) is 0 Å². The highest BCUT2D eigenvalue weighted by molar-refractivity contribution is 5.10. The van der Waals surface area contributed by atoms with Gasteiger partial charge in [0.2, 0.25) is 0 Å². The summed E-state index contributed by atoms with van der Waals surface area (Å²) in [7, 11) is 0. The highest BCUT2D eigenvalue weighted by Crippen LogP contribution is 2.43. The molecule has 1 saturated carbocycles. The van der Waals surface area contributed by atoms with Crippen molar-refractivity contribution in [1.29, 1.82) is 0 Å². The number of likely N-dealkylation sites (tertiary alicyclic amines) is 1. The quantitative estimate of drug-likeness (QED) is 0.847. The Morgan fingerprint density at radius 1 is 1.26 bits per heavy atom. The van der Waals surface area contributed by atoms with Crippen LogP contribution >= 0.6 is 0 Å². The fourth-order valence-corrected chi connectivity index (χ4v) is 4.83. The van der Waals surface area contributed by atoms with Crippen LogP contribution in [0.4, 0.5) is 0 Å². The number of pyridine rings is 1. The van der Waals surface area contributed by atoms with E-state index in [9.17, 15) is 0 Å². The van der Waals surface area contributed by atoms with Gasteiger partial charge in [0.05, 0.1) is 5.69 Å². The summed E-state index contributed by atoms with van der Waals surface area (Å²) in [5.41, 5.74) is 1.19. The molecule has 1 saturated heterocycles. The second-order valence-electron chi connectivity index (χ2n) is 7.88. The van der Waals surface area contributed by atoms with E-state index < -0.39 is 0 Å². The van der Waals surface area contributed by atoms with Gasteiger partial charge in [0.25, 0.3) is 0 Å². The molecule has 0 unspecified atom stereocenters. The van der Waals surface area contributed by atoms with Gasteiger partial charge in [0, 0.05) is 31.9 Å². The zero-order valence-electron chi connectivity index (χ0n) is 14.2. The lowest BCUT2D eigenvalue weighted by molar-refractivity contribution is 0.136. The van der Waals surface area contributed by atoms with Crippen LogP contribution in [-0.2, 0) is 6.54 Å². The molecule has 124 valence electrons. The third kappa shape index (κ3) is 3.51. The van der Waals surface area contributed by atoms with Crippen molar-refractivity contribution in [3.05, 3.63) is 42.2 Å². The molecular weight excluding hydrogens is 282 g/mol. The number of allylic oxidation sites excluding steroid dienone is 2. The number of piperidine rings is 1. The second kappa shape index (κ2) is 6.74. The third-order valence-corrected chi connectivity index (χ3v) is 6.16. The Kier molecular flexibility index (Phi) is 4.50. The maximum absolute atomic E-state index is 4.46. The predicted octanol–water partition coefficient (Wildman–Crippen LogP) is 3.09. The molecule has 0 radical (unpaired) electrons. The number of nitrogens with zero attached hydrogens (tertiary/aromatic N) is 2. The molecule has 1 aliphatic heterocycles. The van der Waals surface area contributed by atoms with Gasteiger partial charge in [-0.15, -0.1) is 0 Å². The van der Waals surface area contributed by atoms with E-state index in [2.05, 4.69) is 46.4 Å². The summed E-state index contributed by atoms with van der Waals surface area (Å²) in [5, 5.41) is 3.91. The highest BCUT2D eigenvalue weighted by atomic mass is 15.2. The number of hydrogen-bond acceptors (Lipinski definition) is 3. The molecule has 3 aliphatic rings. The van der Waals surface area contributed by atoms with Crippen LogP contribution in [0, 0.1) is 23.7 Å². The molecule has 3 heteroatoms. The van der Waals surface area contributed by atoms with Gasteiger partial charge in [-0.1, -0.05) is 25.1 Å². The van der Waals surface area contributed by atoms with Crippen molar-refractivity contribution >= 4 is 0 Å². The van der Waals surface area contributed by atoms with Crippen molar-refractivity contribution in [3.8, 4) is 0 Å². The molecule has 1 aromatic rings. The lowest BCUT2D eigenvalue weighted by atomic mass is 9.90. The van der Waals surface area contributed by atoms with Crippen molar-refractivity contribution in [3.63, 3.8) is 0 Å². The van der Waals surface area contributed by atoms with E-state index in [0.717, 1.165) is 30.2 Å². The van der Waals surface area contributed by atoms with Crippen LogP contribution in [0.25, 0.3) is 0 Å². The van der Waals surface area contributed by atoms with Crippen molar-refractivity contribution < 1.29 is 0 Å². The van der Waals surface area contributed by atoms with Crippen molar-refractivity contribution in [2.24, 2.45) is 23.7 Å². The molecule has 2 aliphatic carbocycles. The summed E-state index contributed by atoms with van der Waals surface area (Å²) in [5.74, 6) is 3.38. The maximum atomic E-state index is 4.46. The summed E-state index contributed by atoms with van der Waals surface area (Å²) >= 11 is 0. The Bertz CT molecular complexity index is 541. The Balaban J connectivity index is 1.24. The van der Waals surface area contributed by atoms with E-state index >= 15 is 0 Å². The molecule has 2 fully saturated rings. The van der Waals surface area contributed by atoms with Crippen LogP contribution in [0.3, 0.4) is 0 Å². The van der Waals surface area contributed by atoms with E-state index in [1.807, 2.05) is 12.3 Å². The minimum atomic E-state index is 0.693. The summed E-state index contributed by atoms with van der Waals surface area (Å²) in [6.45, 7) is 7.00. The predicted molar refractivity (Wildman–Crippen MR) is 93.9 cm³/mol. The van der Waals surface area contributed by atoms with Gasteiger partial charge in [-0.25, -0.2) is 0 Å². The zero-order chi connectivity index (χ0) is 15.6. The Hall–Kier alpha value is -1.19. The minimum absolute atomic E-state index is 0.693. The van der Waals surface area contributed by atoms with Gasteiger partial charge >= 0.3 is 0 Å². The Morgan fingerprint density at radius 3 is 2.91 bits per heavy atom. The van der Waals surface area contributed by atoms with Crippen LogP contribution in [0.15, 0.2) is 36.5 Å². The Labute approximate surface area is 140 Å². The van der Waals surface area contributed by atoms with E-state index in [1.165, 1.54) is 44.6 Å². The molecule has 1 aromatic heterocycles. The van der Waals surface area contributed by atoms with Crippen LogP contribution in [0.1, 0.15) is 31.9 Å². The van der Waals surface area contributed by atoms with Crippen molar-refractivity contribution in [2.75, 3.05) is 19.6 Å². The first-order valence-corrected chi connectivity index (χ1v) is 9.32. The van der Waals surface area contributed by atoms with Crippen molar-refractivity contribution in [2.45, 2.75) is 38.8 Å². The summed E-state index contributed by atoms with van der Waals surface area (Å²) in [6.07, 6.45) is 10.9. The van der Waals surface area contributed by atoms with Gasteiger partial charge in [0.15, 0.2) is 0 Å². The molecule has 4 rings (SSSR count). The fourth-order valence-electron chi connectivity index (χ4n) is 4.83. The molecule has 1 N–H and O–H groups in total. The molecule has 0 spiro atoms. The number of fused-ring (bicyclic) bond motifs is 2. The largest absolute Gasteiger partial charge is 0.313 e. The average Bonchev–Trinajstić information content (AvgIpc) is 3.18. The van der Waals surface area contributed by atoms with Gasteiger partial charge in [0.1, 0.15) is 0 Å². The molecule has 23 heavy (non-hydrogen) atoms. The summed E-state index contributed by atoms with van der Waals surface area (Å²) < 4.78 is 0. The van der Waals surface area contributed by atoms with Crippen LogP contribution in [-0.4, -0.2) is 35.6 Å². The fraction of sp³-hybridized carbons (Fsp3) is 0.650. The smallest absolute Gasteiger partial charge is 0.0543 e. The molecule has 0 amide bonds. The average molecular weight is 311 g/mol. The SMILES string of the molecule is C[C@@H]1CN(Cc2ccccn2)CC[C@H]1NC[C@@H]1C[C@H]2C=C[C@H]1C2. The number of hydrogen-bond donors (Lipinski definition) is 1. The van der Waals surface area contributed by atoms with E-state index in [1.54, 1.807) is 0 Å². The third-order valence-electron chi connectivity index (χ3n) is 6.16. The first kappa shape index (κ1) is 15.3. The first-order valence-electron chi connectivity index (χ1n) is 9.32. The molecule has 3 nitrogen and oxygen atoms in total. The number of nitrogens with one attached hydrogen (secondary N) is 1. The van der Waals surface area contributed by atoms with E-state index in [4.69, 9.17) is 0 Å².